The van der Waals surface area contributed by atoms with E-state index < -0.39 is 0 Å². The minimum atomic E-state index is 0.505. The summed E-state index contributed by atoms with van der Waals surface area (Å²) in [6, 6.07) is 8.94. The van der Waals surface area contributed by atoms with Gasteiger partial charge in [-0.15, -0.1) is 0 Å². The van der Waals surface area contributed by atoms with Crippen LogP contribution in [0.1, 0.15) is 31.4 Å². The molecule has 1 aromatic rings. The van der Waals surface area contributed by atoms with Crippen LogP contribution >= 0.6 is 0 Å². The highest BCUT2D eigenvalue weighted by atomic mass is 16.5. The SMILES string of the molecule is CCOc1cccc(C(NC)C2CC2)c1. The maximum Gasteiger partial charge on any atom is 0.119 e. The lowest BCUT2D eigenvalue weighted by Crippen LogP contribution is -2.18. The zero-order chi connectivity index (χ0) is 10.7. The molecule has 1 aliphatic rings. The average Bonchev–Trinajstić information content (AvgIpc) is 3.04. The average molecular weight is 205 g/mol. The van der Waals surface area contributed by atoms with Crippen LogP contribution in [0.2, 0.25) is 0 Å². The quantitative estimate of drug-likeness (QED) is 0.798. The number of benzene rings is 1. The molecule has 1 aliphatic carbocycles. The molecule has 2 heteroatoms. The van der Waals surface area contributed by atoms with Gasteiger partial charge in [0, 0.05) is 6.04 Å². The first-order valence-electron chi connectivity index (χ1n) is 5.75. The summed E-state index contributed by atoms with van der Waals surface area (Å²) in [5, 5.41) is 3.39. The smallest absolute Gasteiger partial charge is 0.119 e. The molecule has 15 heavy (non-hydrogen) atoms. The number of hydrogen-bond acceptors (Lipinski definition) is 2. The molecular weight excluding hydrogens is 186 g/mol. The van der Waals surface area contributed by atoms with Gasteiger partial charge < -0.3 is 10.1 Å². The second kappa shape index (κ2) is 4.67. The van der Waals surface area contributed by atoms with E-state index in [0.717, 1.165) is 18.3 Å². The lowest BCUT2D eigenvalue weighted by atomic mass is 10.0. The third-order valence-corrected chi connectivity index (χ3v) is 2.93. The van der Waals surface area contributed by atoms with Gasteiger partial charge in [0.15, 0.2) is 0 Å². The second-order valence-corrected chi connectivity index (χ2v) is 4.11. The van der Waals surface area contributed by atoms with Crippen LogP contribution < -0.4 is 10.1 Å². The van der Waals surface area contributed by atoms with Crippen LogP contribution in [0.3, 0.4) is 0 Å². The van der Waals surface area contributed by atoms with Crippen molar-refractivity contribution < 1.29 is 4.74 Å². The molecule has 1 unspecified atom stereocenters. The van der Waals surface area contributed by atoms with Crippen LogP contribution in [0.25, 0.3) is 0 Å². The highest BCUT2D eigenvalue weighted by Crippen LogP contribution is 2.41. The fourth-order valence-electron chi connectivity index (χ4n) is 2.07. The molecule has 0 amide bonds. The molecule has 82 valence electrons. The van der Waals surface area contributed by atoms with Crippen LogP contribution in [0.4, 0.5) is 0 Å². The summed E-state index contributed by atoms with van der Waals surface area (Å²) in [5.41, 5.74) is 1.35. The zero-order valence-electron chi connectivity index (χ0n) is 9.49. The van der Waals surface area contributed by atoms with E-state index in [1.54, 1.807) is 0 Å². The van der Waals surface area contributed by atoms with Gasteiger partial charge in [-0.3, -0.25) is 0 Å². The highest BCUT2D eigenvalue weighted by molar-refractivity contribution is 5.31. The predicted molar refractivity (Wildman–Crippen MR) is 62.1 cm³/mol. The Morgan fingerprint density at radius 1 is 1.47 bits per heavy atom. The fraction of sp³-hybridized carbons (Fsp3) is 0.538. The van der Waals surface area contributed by atoms with E-state index in [1.807, 2.05) is 20.0 Å². The summed E-state index contributed by atoms with van der Waals surface area (Å²) in [6.07, 6.45) is 2.70. The van der Waals surface area contributed by atoms with Crippen molar-refractivity contribution in [1.82, 2.24) is 5.32 Å². The van der Waals surface area contributed by atoms with Crippen molar-refractivity contribution in [2.24, 2.45) is 5.92 Å². The summed E-state index contributed by atoms with van der Waals surface area (Å²) in [7, 11) is 2.04. The molecule has 0 saturated heterocycles. The summed E-state index contributed by atoms with van der Waals surface area (Å²) in [4.78, 5) is 0. The van der Waals surface area contributed by atoms with Crippen LogP contribution in [-0.2, 0) is 0 Å². The fourth-order valence-corrected chi connectivity index (χ4v) is 2.07. The Balaban J connectivity index is 2.14. The normalized spacial score (nSPS) is 17.5. The van der Waals surface area contributed by atoms with Gasteiger partial charge in [0.25, 0.3) is 0 Å². The van der Waals surface area contributed by atoms with E-state index in [2.05, 4.69) is 23.5 Å². The van der Waals surface area contributed by atoms with Gasteiger partial charge in [0.2, 0.25) is 0 Å². The molecule has 0 aliphatic heterocycles. The topological polar surface area (TPSA) is 21.3 Å². The maximum atomic E-state index is 5.51. The standard InChI is InChI=1S/C13H19NO/c1-3-15-12-6-4-5-11(9-12)13(14-2)10-7-8-10/h4-6,9-10,13-14H,3,7-8H2,1-2H3. The molecule has 1 N–H and O–H groups in total. The van der Waals surface area contributed by atoms with Crippen molar-refractivity contribution in [3.8, 4) is 5.75 Å². The first kappa shape index (κ1) is 10.5. The Labute approximate surface area is 91.6 Å². The molecule has 0 bridgehead atoms. The molecule has 0 radical (unpaired) electrons. The van der Waals surface area contributed by atoms with Crippen LogP contribution in [0, 0.1) is 5.92 Å². The van der Waals surface area contributed by atoms with E-state index in [-0.39, 0.29) is 0 Å². The monoisotopic (exact) mass is 205 g/mol. The Morgan fingerprint density at radius 3 is 2.87 bits per heavy atom. The first-order valence-corrected chi connectivity index (χ1v) is 5.75. The van der Waals surface area contributed by atoms with Gasteiger partial charge in [0.1, 0.15) is 5.75 Å². The molecule has 0 spiro atoms. The van der Waals surface area contributed by atoms with Crippen molar-refractivity contribution in [2.45, 2.75) is 25.8 Å². The van der Waals surface area contributed by atoms with E-state index in [4.69, 9.17) is 4.74 Å². The molecule has 2 rings (SSSR count). The van der Waals surface area contributed by atoms with E-state index in [1.165, 1.54) is 18.4 Å². The van der Waals surface area contributed by atoms with Crippen LogP contribution in [0.5, 0.6) is 5.75 Å². The lowest BCUT2D eigenvalue weighted by Gasteiger charge is -2.16. The summed E-state index contributed by atoms with van der Waals surface area (Å²) >= 11 is 0. The van der Waals surface area contributed by atoms with Gasteiger partial charge >= 0.3 is 0 Å². The Kier molecular flexibility index (Phi) is 3.27. The lowest BCUT2D eigenvalue weighted by molar-refractivity contribution is 0.339. The summed E-state index contributed by atoms with van der Waals surface area (Å²) in [5.74, 6) is 1.81. The molecule has 0 aromatic heterocycles. The van der Waals surface area contributed by atoms with Gasteiger partial charge in [-0.25, -0.2) is 0 Å². The molecular formula is C13H19NO. The molecule has 1 aromatic carbocycles. The number of rotatable bonds is 5. The molecule has 0 heterocycles. The van der Waals surface area contributed by atoms with Crippen molar-refractivity contribution in [2.75, 3.05) is 13.7 Å². The van der Waals surface area contributed by atoms with E-state index in [9.17, 15) is 0 Å². The van der Waals surface area contributed by atoms with Crippen LogP contribution in [-0.4, -0.2) is 13.7 Å². The number of nitrogens with one attached hydrogen (secondary N) is 1. The highest BCUT2D eigenvalue weighted by Gasteiger charge is 2.31. The third kappa shape index (κ3) is 2.51. The minimum absolute atomic E-state index is 0.505. The summed E-state index contributed by atoms with van der Waals surface area (Å²) in [6.45, 7) is 2.75. The van der Waals surface area contributed by atoms with Crippen molar-refractivity contribution in [3.63, 3.8) is 0 Å². The Bertz CT molecular complexity index is 320. The van der Waals surface area contributed by atoms with Gasteiger partial charge in [-0.05, 0) is 50.4 Å². The second-order valence-electron chi connectivity index (χ2n) is 4.11. The van der Waals surface area contributed by atoms with Gasteiger partial charge in [-0.2, -0.15) is 0 Å². The largest absolute Gasteiger partial charge is 0.494 e. The van der Waals surface area contributed by atoms with Gasteiger partial charge in [0.05, 0.1) is 6.61 Å². The maximum absolute atomic E-state index is 5.51. The number of ether oxygens (including phenoxy) is 1. The van der Waals surface area contributed by atoms with Gasteiger partial charge in [-0.1, -0.05) is 12.1 Å². The molecule has 2 nitrogen and oxygen atoms in total. The zero-order valence-corrected chi connectivity index (χ0v) is 9.49. The Morgan fingerprint density at radius 2 is 2.27 bits per heavy atom. The van der Waals surface area contributed by atoms with E-state index in [0.29, 0.717) is 6.04 Å². The molecule has 1 fully saturated rings. The van der Waals surface area contributed by atoms with Crippen molar-refractivity contribution >= 4 is 0 Å². The minimum Gasteiger partial charge on any atom is -0.494 e. The van der Waals surface area contributed by atoms with Crippen molar-refractivity contribution in [3.05, 3.63) is 29.8 Å². The van der Waals surface area contributed by atoms with E-state index >= 15 is 0 Å². The van der Waals surface area contributed by atoms with Crippen LogP contribution in [0.15, 0.2) is 24.3 Å². The molecule has 1 atom stereocenters. The number of hydrogen-bond donors (Lipinski definition) is 1. The predicted octanol–water partition coefficient (Wildman–Crippen LogP) is 2.76. The molecule has 1 saturated carbocycles. The Hall–Kier alpha value is -1.02. The van der Waals surface area contributed by atoms with Crippen molar-refractivity contribution in [1.29, 1.82) is 0 Å². The third-order valence-electron chi connectivity index (χ3n) is 2.93. The summed E-state index contributed by atoms with van der Waals surface area (Å²) < 4.78 is 5.51. The first-order chi connectivity index (χ1) is 7.35.